The normalized spacial score (nSPS) is 25.2. The molecule has 0 bridgehead atoms. The molecule has 0 aliphatic carbocycles. The average molecular weight is 217 g/mol. The van der Waals surface area contributed by atoms with Gasteiger partial charge in [-0.1, -0.05) is 45.0 Å². The zero-order chi connectivity index (χ0) is 11.6. The summed E-state index contributed by atoms with van der Waals surface area (Å²) in [6.45, 7) is 9.19. The van der Waals surface area contributed by atoms with Crippen LogP contribution in [-0.4, -0.2) is 13.1 Å². The molecule has 1 nitrogen and oxygen atoms in total. The first kappa shape index (κ1) is 11.7. The minimum atomic E-state index is 0.358. The zero-order valence-electron chi connectivity index (χ0n) is 10.7. The quantitative estimate of drug-likeness (QED) is 0.820. The molecule has 1 heterocycles. The molecule has 0 spiro atoms. The first-order chi connectivity index (χ1) is 7.60. The summed E-state index contributed by atoms with van der Waals surface area (Å²) in [6, 6.07) is 9.26. The van der Waals surface area contributed by atoms with E-state index >= 15 is 0 Å². The second kappa shape index (κ2) is 4.58. The lowest BCUT2D eigenvalue weighted by Crippen LogP contribution is -2.24. The van der Waals surface area contributed by atoms with E-state index in [1.54, 1.807) is 0 Å². The molecule has 1 aromatic rings. The first-order valence-electron chi connectivity index (χ1n) is 6.40. The maximum absolute atomic E-state index is 3.46. The number of hydrogen-bond acceptors (Lipinski definition) is 1. The van der Waals surface area contributed by atoms with Crippen LogP contribution in [0.5, 0.6) is 0 Å². The van der Waals surface area contributed by atoms with Crippen LogP contribution in [-0.2, 0) is 11.8 Å². The van der Waals surface area contributed by atoms with Gasteiger partial charge in [0, 0.05) is 12.0 Å². The highest BCUT2D eigenvalue weighted by Crippen LogP contribution is 2.30. The fourth-order valence-electron chi connectivity index (χ4n) is 2.58. The highest BCUT2D eigenvalue weighted by Gasteiger charge is 2.29. The van der Waals surface area contributed by atoms with E-state index in [4.69, 9.17) is 0 Å². The summed E-state index contributed by atoms with van der Waals surface area (Å²) in [4.78, 5) is 0. The van der Waals surface area contributed by atoms with Gasteiger partial charge in [-0.25, -0.2) is 0 Å². The molecule has 1 N–H and O–H groups in total. The van der Waals surface area contributed by atoms with Crippen molar-refractivity contribution in [1.29, 1.82) is 0 Å². The van der Waals surface area contributed by atoms with Gasteiger partial charge in [0.15, 0.2) is 0 Å². The lowest BCUT2D eigenvalue weighted by Gasteiger charge is -2.23. The second-order valence-corrected chi connectivity index (χ2v) is 5.78. The number of hydrogen-bond donors (Lipinski definition) is 1. The van der Waals surface area contributed by atoms with E-state index in [1.807, 2.05) is 0 Å². The van der Waals surface area contributed by atoms with Crippen LogP contribution >= 0.6 is 0 Å². The molecule has 1 atom stereocenters. The molecular formula is C15H23N. The minimum absolute atomic E-state index is 0.358. The summed E-state index contributed by atoms with van der Waals surface area (Å²) in [5, 5.41) is 3.46. The van der Waals surface area contributed by atoms with Crippen LogP contribution in [0, 0.1) is 5.92 Å². The number of rotatable bonds is 3. The summed E-state index contributed by atoms with van der Waals surface area (Å²) in [5.74, 6) is 0.745. The molecule has 0 radical (unpaired) electrons. The smallest absolute Gasteiger partial charge is 0.00615 e. The second-order valence-electron chi connectivity index (χ2n) is 5.78. The van der Waals surface area contributed by atoms with Gasteiger partial charge in [0.25, 0.3) is 0 Å². The third-order valence-electron chi connectivity index (χ3n) is 3.66. The van der Waals surface area contributed by atoms with E-state index in [-0.39, 0.29) is 0 Å². The Morgan fingerprint density at radius 2 is 1.94 bits per heavy atom. The van der Waals surface area contributed by atoms with Gasteiger partial charge < -0.3 is 5.32 Å². The van der Waals surface area contributed by atoms with Crippen molar-refractivity contribution in [3.05, 3.63) is 35.4 Å². The van der Waals surface area contributed by atoms with E-state index in [1.165, 1.54) is 24.0 Å². The molecule has 0 amide bonds. The SMILES string of the molecule is CC(C)Cc1ccc(C2(C)CCNC2)cc1. The molecule has 0 aromatic heterocycles. The van der Waals surface area contributed by atoms with Crippen LogP contribution in [0.15, 0.2) is 24.3 Å². The Hall–Kier alpha value is -0.820. The van der Waals surface area contributed by atoms with Crippen LogP contribution in [0.25, 0.3) is 0 Å². The van der Waals surface area contributed by atoms with Crippen molar-refractivity contribution in [2.45, 2.75) is 39.0 Å². The van der Waals surface area contributed by atoms with Gasteiger partial charge in [0.2, 0.25) is 0 Å². The van der Waals surface area contributed by atoms with Crippen molar-refractivity contribution < 1.29 is 0 Å². The van der Waals surface area contributed by atoms with Gasteiger partial charge in [-0.15, -0.1) is 0 Å². The van der Waals surface area contributed by atoms with Gasteiger partial charge in [0.1, 0.15) is 0 Å². The van der Waals surface area contributed by atoms with E-state index in [2.05, 4.69) is 50.4 Å². The molecule has 1 aliphatic rings. The summed E-state index contributed by atoms with van der Waals surface area (Å²) in [7, 11) is 0. The Bertz CT molecular complexity index is 331. The third kappa shape index (κ3) is 2.46. The molecule has 0 saturated carbocycles. The minimum Gasteiger partial charge on any atom is -0.316 e. The topological polar surface area (TPSA) is 12.0 Å². The monoisotopic (exact) mass is 217 g/mol. The van der Waals surface area contributed by atoms with Gasteiger partial charge in [-0.2, -0.15) is 0 Å². The van der Waals surface area contributed by atoms with Crippen molar-refractivity contribution in [3.63, 3.8) is 0 Å². The van der Waals surface area contributed by atoms with Crippen molar-refractivity contribution >= 4 is 0 Å². The lowest BCUT2D eigenvalue weighted by molar-refractivity contribution is 0.524. The molecule has 1 heteroatoms. The molecule has 1 aliphatic heterocycles. The predicted octanol–water partition coefficient (Wildman–Crippen LogP) is 3.14. The molecule has 1 unspecified atom stereocenters. The Morgan fingerprint density at radius 1 is 1.25 bits per heavy atom. The van der Waals surface area contributed by atoms with Gasteiger partial charge in [-0.3, -0.25) is 0 Å². The molecular weight excluding hydrogens is 194 g/mol. The summed E-state index contributed by atoms with van der Waals surface area (Å²) >= 11 is 0. The maximum Gasteiger partial charge on any atom is 0.00615 e. The van der Waals surface area contributed by atoms with Gasteiger partial charge in [0.05, 0.1) is 0 Å². The Labute approximate surface area is 99.3 Å². The number of nitrogens with one attached hydrogen (secondary N) is 1. The van der Waals surface area contributed by atoms with Crippen molar-refractivity contribution in [3.8, 4) is 0 Å². The molecule has 2 rings (SSSR count). The third-order valence-corrected chi connectivity index (χ3v) is 3.66. The first-order valence-corrected chi connectivity index (χ1v) is 6.40. The fourth-order valence-corrected chi connectivity index (χ4v) is 2.58. The predicted molar refractivity (Wildman–Crippen MR) is 69.8 cm³/mol. The molecule has 1 saturated heterocycles. The van der Waals surface area contributed by atoms with Crippen LogP contribution in [0.3, 0.4) is 0 Å². The summed E-state index contributed by atoms with van der Waals surface area (Å²) in [5.41, 5.74) is 3.31. The summed E-state index contributed by atoms with van der Waals surface area (Å²) in [6.07, 6.45) is 2.45. The average Bonchev–Trinajstić information content (AvgIpc) is 2.66. The van der Waals surface area contributed by atoms with E-state index < -0.39 is 0 Å². The van der Waals surface area contributed by atoms with Crippen LogP contribution < -0.4 is 5.32 Å². The number of benzene rings is 1. The highest BCUT2D eigenvalue weighted by atomic mass is 14.9. The van der Waals surface area contributed by atoms with Gasteiger partial charge >= 0.3 is 0 Å². The fraction of sp³-hybridized carbons (Fsp3) is 0.600. The van der Waals surface area contributed by atoms with Gasteiger partial charge in [-0.05, 0) is 36.4 Å². The van der Waals surface area contributed by atoms with Crippen LogP contribution in [0.4, 0.5) is 0 Å². The standard InChI is InChI=1S/C15H23N/c1-12(2)10-13-4-6-14(7-5-13)15(3)8-9-16-11-15/h4-7,12,16H,8-11H2,1-3H3. The molecule has 1 fully saturated rings. The van der Waals surface area contributed by atoms with Crippen LogP contribution in [0.2, 0.25) is 0 Å². The van der Waals surface area contributed by atoms with Crippen LogP contribution in [0.1, 0.15) is 38.3 Å². The van der Waals surface area contributed by atoms with Crippen molar-refractivity contribution in [1.82, 2.24) is 5.32 Å². The Balaban J connectivity index is 2.12. The van der Waals surface area contributed by atoms with Crippen molar-refractivity contribution in [2.75, 3.05) is 13.1 Å². The summed E-state index contributed by atoms with van der Waals surface area (Å²) < 4.78 is 0. The molecule has 1 aromatic carbocycles. The molecule has 88 valence electrons. The zero-order valence-corrected chi connectivity index (χ0v) is 10.7. The Morgan fingerprint density at radius 3 is 2.44 bits per heavy atom. The largest absolute Gasteiger partial charge is 0.316 e. The van der Waals surface area contributed by atoms with Crippen molar-refractivity contribution in [2.24, 2.45) is 5.92 Å². The van der Waals surface area contributed by atoms with E-state index in [0.29, 0.717) is 5.41 Å². The Kier molecular flexibility index (Phi) is 3.34. The van der Waals surface area contributed by atoms with E-state index in [0.717, 1.165) is 19.0 Å². The van der Waals surface area contributed by atoms with E-state index in [9.17, 15) is 0 Å². The maximum atomic E-state index is 3.46. The molecule has 16 heavy (non-hydrogen) atoms. The lowest BCUT2D eigenvalue weighted by atomic mass is 9.81. The highest BCUT2D eigenvalue weighted by molar-refractivity contribution is 5.30.